The molecule has 92 valence electrons. The minimum atomic E-state index is 0.235. The van der Waals surface area contributed by atoms with Crippen molar-refractivity contribution >= 4 is 5.78 Å². The van der Waals surface area contributed by atoms with E-state index < -0.39 is 0 Å². The number of nitrogens with one attached hydrogen (secondary N) is 1. The SMILES string of the molecule is COc1cccc(CC(=O)CNCC2CC2)c1. The molecule has 2 rings (SSSR count). The van der Waals surface area contributed by atoms with Crippen LogP contribution in [0.15, 0.2) is 24.3 Å². The van der Waals surface area contributed by atoms with E-state index in [0.717, 1.165) is 23.8 Å². The summed E-state index contributed by atoms with van der Waals surface area (Å²) in [6, 6.07) is 7.68. The first-order valence-electron chi connectivity index (χ1n) is 6.13. The second-order valence-corrected chi connectivity index (χ2v) is 4.64. The summed E-state index contributed by atoms with van der Waals surface area (Å²) in [5, 5.41) is 3.22. The molecule has 3 heteroatoms. The van der Waals surface area contributed by atoms with Crippen molar-refractivity contribution in [1.29, 1.82) is 0 Å². The first kappa shape index (κ1) is 12.1. The van der Waals surface area contributed by atoms with Crippen LogP contribution in [0.2, 0.25) is 0 Å². The summed E-state index contributed by atoms with van der Waals surface area (Å²) in [7, 11) is 1.64. The van der Waals surface area contributed by atoms with Crippen LogP contribution in [0.4, 0.5) is 0 Å². The Bertz CT molecular complexity index is 386. The summed E-state index contributed by atoms with van der Waals surface area (Å²) < 4.78 is 5.13. The standard InChI is InChI=1S/C14H19NO2/c1-17-14-4-2-3-12(8-14)7-13(16)10-15-9-11-5-6-11/h2-4,8,11,15H,5-7,9-10H2,1H3. The lowest BCUT2D eigenvalue weighted by molar-refractivity contribution is -0.117. The number of carbonyl (C=O) groups is 1. The molecular weight excluding hydrogens is 214 g/mol. The maximum atomic E-state index is 11.7. The fourth-order valence-electron chi connectivity index (χ4n) is 1.81. The number of methoxy groups -OCH3 is 1. The largest absolute Gasteiger partial charge is 0.497 e. The smallest absolute Gasteiger partial charge is 0.150 e. The van der Waals surface area contributed by atoms with Crippen LogP contribution < -0.4 is 10.1 Å². The Morgan fingerprint density at radius 2 is 2.29 bits per heavy atom. The number of rotatable bonds is 7. The van der Waals surface area contributed by atoms with E-state index in [-0.39, 0.29) is 5.78 Å². The van der Waals surface area contributed by atoms with Gasteiger partial charge in [0, 0.05) is 6.42 Å². The van der Waals surface area contributed by atoms with Gasteiger partial charge in [-0.1, -0.05) is 12.1 Å². The van der Waals surface area contributed by atoms with Gasteiger partial charge in [-0.2, -0.15) is 0 Å². The summed E-state index contributed by atoms with van der Waals surface area (Å²) in [4.78, 5) is 11.7. The van der Waals surface area contributed by atoms with Crippen LogP contribution in [-0.2, 0) is 11.2 Å². The second-order valence-electron chi connectivity index (χ2n) is 4.64. The molecule has 1 aromatic rings. The first-order valence-corrected chi connectivity index (χ1v) is 6.13. The van der Waals surface area contributed by atoms with Crippen molar-refractivity contribution < 1.29 is 9.53 Å². The molecule has 1 aliphatic rings. The van der Waals surface area contributed by atoms with E-state index in [1.165, 1.54) is 12.8 Å². The van der Waals surface area contributed by atoms with Crippen LogP contribution >= 0.6 is 0 Å². The van der Waals surface area contributed by atoms with Gasteiger partial charge in [-0.3, -0.25) is 4.79 Å². The predicted molar refractivity (Wildman–Crippen MR) is 67.3 cm³/mol. The van der Waals surface area contributed by atoms with Gasteiger partial charge in [0.2, 0.25) is 0 Å². The van der Waals surface area contributed by atoms with Crippen molar-refractivity contribution in [3.8, 4) is 5.75 Å². The lowest BCUT2D eigenvalue weighted by Crippen LogP contribution is -2.26. The molecule has 17 heavy (non-hydrogen) atoms. The van der Waals surface area contributed by atoms with Gasteiger partial charge in [0.05, 0.1) is 13.7 Å². The zero-order valence-corrected chi connectivity index (χ0v) is 10.2. The first-order chi connectivity index (χ1) is 8.28. The minimum absolute atomic E-state index is 0.235. The van der Waals surface area contributed by atoms with Gasteiger partial charge in [0.1, 0.15) is 5.75 Å². The molecule has 3 nitrogen and oxygen atoms in total. The van der Waals surface area contributed by atoms with Gasteiger partial charge in [-0.25, -0.2) is 0 Å². The zero-order chi connectivity index (χ0) is 12.1. The van der Waals surface area contributed by atoms with E-state index in [1.54, 1.807) is 7.11 Å². The fourth-order valence-corrected chi connectivity index (χ4v) is 1.81. The van der Waals surface area contributed by atoms with Crippen molar-refractivity contribution in [1.82, 2.24) is 5.32 Å². The topological polar surface area (TPSA) is 38.3 Å². The molecule has 0 atom stereocenters. The van der Waals surface area contributed by atoms with Gasteiger partial charge in [-0.15, -0.1) is 0 Å². The number of Topliss-reactive ketones (excluding diaryl/α,β-unsaturated/α-hetero) is 1. The number of ether oxygens (including phenoxy) is 1. The third kappa shape index (κ3) is 4.19. The van der Waals surface area contributed by atoms with E-state index in [2.05, 4.69) is 5.32 Å². The molecule has 0 heterocycles. The van der Waals surface area contributed by atoms with Crippen LogP contribution in [0.25, 0.3) is 0 Å². The molecule has 0 saturated heterocycles. The molecule has 1 aliphatic carbocycles. The molecule has 1 saturated carbocycles. The highest BCUT2D eigenvalue weighted by molar-refractivity contribution is 5.82. The molecule has 1 aromatic carbocycles. The van der Waals surface area contributed by atoms with Crippen molar-refractivity contribution in [3.63, 3.8) is 0 Å². The van der Waals surface area contributed by atoms with Crippen LogP contribution in [0.1, 0.15) is 18.4 Å². The van der Waals surface area contributed by atoms with Crippen LogP contribution in [0, 0.1) is 5.92 Å². The third-order valence-electron chi connectivity index (χ3n) is 2.99. The average molecular weight is 233 g/mol. The fraction of sp³-hybridized carbons (Fsp3) is 0.500. The Balaban J connectivity index is 1.75. The molecule has 0 aromatic heterocycles. The Morgan fingerprint density at radius 3 is 3.00 bits per heavy atom. The second kappa shape index (κ2) is 5.82. The zero-order valence-electron chi connectivity index (χ0n) is 10.2. The monoisotopic (exact) mass is 233 g/mol. The van der Waals surface area contributed by atoms with Crippen LogP contribution in [0.3, 0.4) is 0 Å². The highest BCUT2D eigenvalue weighted by atomic mass is 16.5. The Labute approximate surface area is 102 Å². The molecule has 0 amide bonds. The van der Waals surface area contributed by atoms with Crippen molar-refractivity contribution in [2.24, 2.45) is 5.92 Å². The maximum absolute atomic E-state index is 11.7. The summed E-state index contributed by atoms with van der Waals surface area (Å²) >= 11 is 0. The number of benzene rings is 1. The predicted octanol–water partition coefficient (Wildman–Crippen LogP) is 1.81. The normalized spacial score (nSPS) is 14.6. The number of carbonyl (C=O) groups excluding carboxylic acids is 1. The van der Waals surface area contributed by atoms with Crippen LogP contribution in [-0.4, -0.2) is 26.0 Å². The quantitative estimate of drug-likeness (QED) is 0.780. The van der Waals surface area contributed by atoms with E-state index in [4.69, 9.17) is 4.74 Å². The van der Waals surface area contributed by atoms with Gasteiger partial charge in [0.25, 0.3) is 0 Å². The molecular formula is C14H19NO2. The molecule has 0 radical (unpaired) electrons. The summed E-state index contributed by atoms with van der Waals surface area (Å²) in [6.45, 7) is 1.47. The minimum Gasteiger partial charge on any atom is -0.497 e. The summed E-state index contributed by atoms with van der Waals surface area (Å²) in [5.74, 6) is 1.86. The van der Waals surface area contributed by atoms with Crippen molar-refractivity contribution in [2.45, 2.75) is 19.3 Å². The molecule has 1 fully saturated rings. The Hall–Kier alpha value is -1.35. The van der Waals surface area contributed by atoms with Gasteiger partial charge in [-0.05, 0) is 43.0 Å². The average Bonchev–Trinajstić information content (AvgIpc) is 3.13. The summed E-state index contributed by atoms with van der Waals surface area (Å²) in [6.07, 6.45) is 3.11. The number of hydrogen-bond donors (Lipinski definition) is 1. The highest BCUT2D eigenvalue weighted by Gasteiger charge is 2.20. The lowest BCUT2D eigenvalue weighted by atomic mass is 10.1. The molecule has 0 aliphatic heterocycles. The third-order valence-corrected chi connectivity index (χ3v) is 2.99. The molecule has 1 N–H and O–H groups in total. The Kier molecular flexibility index (Phi) is 4.15. The van der Waals surface area contributed by atoms with E-state index in [9.17, 15) is 4.79 Å². The highest BCUT2D eigenvalue weighted by Crippen LogP contribution is 2.27. The van der Waals surface area contributed by atoms with E-state index in [1.807, 2.05) is 24.3 Å². The van der Waals surface area contributed by atoms with Crippen molar-refractivity contribution in [2.75, 3.05) is 20.2 Å². The lowest BCUT2D eigenvalue weighted by Gasteiger charge is -2.05. The van der Waals surface area contributed by atoms with Crippen LogP contribution in [0.5, 0.6) is 5.75 Å². The maximum Gasteiger partial charge on any atom is 0.150 e. The van der Waals surface area contributed by atoms with E-state index >= 15 is 0 Å². The number of ketones is 1. The van der Waals surface area contributed by atoms with Gasteiger partial charge < -0.3 is 10.1 Å². The van der Waals surface area contributed by atoms with E-state index in [0.29, 0.717) is 13.0 Å². The van der Waals surface area contributed by atoms with Gasteiger partial charge in [0.15, 0.2) is 5.78 Å². The molecule has 0 unspecified atom stereocenters. The van der Waals surface area contributed by atoms with Gasteiger partial charge >= 0.3 is 0 Å². The summed E-state index contributed by atoms with van der Waals surface area (Å²) in [5.41, 5.74) is 1.02. The molecule has 0 spiro atoms. The van der Waals surface area contributed by atoms with Crippen molar-refractivity contribution in [3.05, 3.63) is 29.8 Å². The number of hydrogen-bond acceptors (Lipinski definition) is 3. The Morgan fingerprint density at radius 1 is 1.47 bits per heavy atom. The molecule has 0 bridgehead atoms.